The highest BCUT2D eigenvalue weighted by Crippen LogP contribution is 2.16. The van der Waals surface area contributed by atoms with Crippen LogP contribution in [0.5, 0.6) is 5.75 Å². The lowest BCUT2D eigenvalue weighted by Gasteiger charge is -2.14. The van der Waals surface area contributed by atoms with E-state index in [0.717, 1.165) is 22.6 Å². The van der Waals surface area contributed by atoms with Crippen LogP contribution >= 0.6 is 0 Å². The monoisotopic (exact) mass is 289 g/mol. The van der Waals surface area contributed by atoms with Crippen LogP contribution in [-0.4, -0.2) is 34.1 Å². The van der Waals surface area contributed by atoms with E-state index in [9.17, 15) is 5.11 Å². The number of benzene rings is 1. The molecule has 0 aliphatic heterocycles. The molecule has 0 aliphatic rings. The minimum atomic E-state index is -0.540. The van der Waals surface area contributed by atoms with Crippen LogP contribution in [0.25, 0.3) is 0 Å². The smallest absolute Gasteiger partial charge is 0.122 e. The Morgan fingerprint density at radius 2 is 2.10 bits per heavy atom. The Balaban J connectivity index is 1.71. The van der Waals surface area contributed by atoms with Crippen molar-refractivity contribution in [2.24, 2.45) is 7.05 Å². The van der Waals surface area contributed by atoms with Crippen LogP contribution in [0.1, 0.15) is 16.8 Å². The van der Waals surface area contributed by atoms with Gasteiger partial charge in [0.15, 0.2) is 0 Å². The van der Waals surface area contributed by atoms with E-state index in [1.165, 1.54) is 0 Å². The molecule has 21 heavy (non-hydrogen) atoms. The normalized spacial score (nSPS) is 12.4. The van der Waals surface area contributed by atoms with Crippen molar-refractivity contribution in [3.05, 3.63) is 47.3 Å². The van der Waals surface area contributed by atoms with Gasteiger partial charge in [-0.3, -0.25) is 4.68 Å². The Morgan fingerprint density at radius 1 is 1.33 bits per heavy atom. The van der Waals surface area contributed by atoms with Crippen LogP contribution in [0.3, 0.4) is 0 Å². The molecular formula is C16H23N3O2. The number of hydrogen-bond acceptors (Lipinski definition) is 4. The van der Waals surface area contributed by atoms with Gasteiger partial charge in [-0.25, -0.2) is 0 Å². The molecule has 1 aromatic carbocycles. The maximum atomic E-state index is 9.95. The van der Waals surface area contributed by atoms with Crippen LogP contribution in [0.4, 0.5) is 0 Å². The van der Waals surface area contributed by atoms with Gasteiger partial charge in [0, 0.05) is 31.9 Å². The number of aliphatic hydroxyl groups is 1. The molecule has 5 heteroatoms. The van der Waals surface area contributed by atoms with E-state index in [1.807, 2.05) is 51.4 Å². The standard InChI is InChI=1S/C16H23N3O2/c1-12-6-4-5-7-16(12)21-11-15(20)9-17-8-14-10-19(3)18-13(14)2/h4-7,10,15,17,20H,8-9,11H2,1-3H3. The maximum Gasteiger partial charge on any atom is 0.122 e. The molecule has 0 bridgehead atoms. The molecule has 1 aromatic heterocycles. The van der Waals surface area contributed by atoms with E-state index in [4.69, 9.17) is 4.74 Å². The van der Waals surface area contributed by atoms with Crippen LogP contribution < -0.4 is 10.1 Å². The number of aliphatic hydroxyl groups excluding tert-OH is 1. The third kappa shape index (κ3) is 4.58. The first-order chi connectivity index (χ1) is 10.1. The molecular weight excluding hydrogens is 266 g/mol. The number of aromatic nitrogens is 2. The van der Waals surface area contributed by atoms with Crippen molar-refractivity contribution in [2.45, 2.75) is 26.5 Å². The van der Waals surface area contributed by atoms with Gasteiger partial charge in [0.1, 0.15) is 18.5 Å². The van der Waals surface area contributed by atoms with E-state index in [1.54, 1.807) is 4.68 Å². The van der Waals surface area contributed by atoms with Gasteiger partial charge < -0.3 is 15.2 Å². The van der Waals surface area contributed by atoms with E-state index < -0.39 is 6.10 Å². The highest BCUT2D eigenvalue weighted by atomic mass is 16.5. The van der Waals surface area contributed by atoms with E-state index >= 15 is 0 Å². The highest BCUT2D eigenvalue weighted by Gasteiger charge is 2.08. The average molecular weight is 289 g/mol. The summed E-state index contributed by atoms with van der Waals surface area (Å²) in [5.41, 5.74) is 3.23. The number of para-hydroxylation sites is 1. The molecule has 0 spiro atoms. The largest absolute Gasteiger partial charge is 0.491 e. The summed E-state index contributed by atoms with van der Waals surface area (Å²) in [6, 6.07) is 7.80. The molecule has 5 nitrogen and oxygen atoms in total. The molecule has 1 heterocycles. The number of hydrogen-bond donors (Lipinski definition) is 2. The summed E-state index contributed by atoms with van der Waals surface area (Å²) in [5, 5.41) is 17.5. The van der Waals surface area contributed by atoms with Crippen LogP contribution in [0, 0.1) is 13.8 Å². The average Bonchev–Trinajstić information content (AvgIpc) is 2.76. The third-order valence-electron chi connectivity index (χ3n) is 3.34. The summed E-state index contributed by atoms with van der Waals surface area (Å²) in [5.74, 6) is 0.819. The maximum absolute atomic E-state index is 9.95. The fraction of sp³-hybridized carbons (Fsp3) is 0.438. The molecule has 0 radical (unpaired) electrons. The second kappa shape index (κ2) is 7.24. The molecule has 2 N–H and O–H groups in total. The minimum Gasteiger partial charge on any atom is -0.491 e. The van der Waals surface area contributed by atoms with Crippen LogP contribution in [0.2, 0.25) is 0 Å². The molecule has 2 rings (SSSR count). The predicted molar refractivity (Wildman–Crippen MR) is 82.3 cm³/mol. The summed E-state index contributed by atoms with van der Waals surface area (Å²) in [7, 11) is 1.90. The lowest BCUT2D eigenvalue weighted by atomic mass is 10.2. The van der Waals surface area contributed by atoms with Gasteiger partial charge >= 0.3 is 0 Å². The fourth-order valence-electron chi connectivity index (χ4n) is 2.16. The first-order valence-electron chi connectivity index (χ1n) is 7.12. The molecule has 1 unspecified atom stereocenters. The topological polar surface area (TPSA) is 59.3 Å². The summed E-state index contributed by atoms with van der Waals surface area (Å²) in [6.07, 6.45) is 1.44. The SMILES string of the molecule is Cc1ccccc1OCC(O)CNCc1cn(C)nc1C. The van der Waals surface area contributed by atoms with E-state index in [2.05, 4.69) is 10.4 Å². The number of nitrogens with one attached hydrogen (secondary N) is 1. The summed E-state index contributed by atoms with van der Waals surface area (Å²) < 4.78 is 7.42. The molecule has 0 fully saturated rings. The Labute approximate surface area is 125 Å². The van der Waals surface area contributed by atoms with Crippen molar-refractivity contribution in [3.8, 4) is 5.75 Å². The van der Waals surface area contributed by atoms with Gasteiger partial charge in [0.2, 0.25) is 0 Å². The third-order valence-corrected chi connectivity index (χ3v) is 3.34. The first-order valence-corrected chi connectivity index (χ1v) is 7.12. The molecule has 0 saturated heterocycles. The predicted octanol–water partition coefficient (Wildman–Crippen LogP) is 1.57. The molecule has 0 saturated carbocycles. The van der Waals surface area contributed by atoms with Gasteiger partial charge in [0.05, 0.1) is 5.69 Å². The lowest BCUT2D eigenvalue weighted by molar-refractivity contribution is 0.106. The van der Waals surface area contributed by atoms with Crippen molar-refractivity contribution >= 4 is 0 Å². The van der Waals surface area contributed by atoms with Crippen molar-refractivity contribution in [1.29, 1.82) is 0 Å². The van der Waals surface area contributed by atoms with Gasteiger partial charge in [-0.05, 0) is 25.5 Å². The summed E-state index contributed by atoms with van der Waals surface area (Å²) in [4.78, 5) is 0. The fourth-order valence-corrected chi connectivity index (χ4v) is 2.16. The molecule has 114 valence electrons. The second-order valence-electron chi connectivity index (χ2n) is 5.27. The molecule has 0 amide bonds. The minimum absolute atomic E-state index is 0.282. The summed E-state index contributed by atoms with van der Waals surface area (Å²) >= 11 is 0. The van der Waals surface area contributed by atoms with Crippen molar-refractivity contribution in [1.82, 2.24) is 15.1 Å². The zero-order valence-corrected chi connectivity index (χ0v) is 12.8. The first kappa shape index (κ1) is 15.5. The second-order valence-corrected chi connectivity index (χ2v) is 5.27. The van der Waals surface area contributed by atoms with Gasteiger partial charge in [-0.15, -0.1) is 0 Å². The van der Waals surface area contributed by atoms with Gasteiger partial charge in [0.25, 0.3) is 0 Å². The molecule has 2 aromatic rings. The molecule has 0 aliphatic carbocycles. The van der Waals surface area contributed by atoms with Gasteiger partial charge in [-0.2, -0.15) is 5.10 Å². The number of ether oxygens (including phenoxy) is 1. The van der Waals surface area contributed by atoms with Gasteiger partial charge in [-0.1, -0.05) is 18.2 Å². The summed E-state index contributed by atoms with van der Waals surface area (Å²) in [6.45, 7) is 5.44. The van der Waals surface area contributed by atoms with Crippen LogP contribution in [0.15, 0.2) is 30.5 Å². The van der Waals surface area contributed by atoms with Crippen LogP contribution in [-0.2, 0) is 13.6 Å². The Kier molecular flexibility index (Phi) is 5.36. The quantitative estimate of drug-likeness (QED) is 0.812. The van der Waals surface area contributed by atoms with Crippen molar-refractivity contribution in [3.63, 3.8) is 0 Å². The van der Waals surface area contributed by atoms with Crippen molar-refractivity contribution < 1.29 is 9.84 Å². The molecule has 1 atom stereocenters. The van der Waals surface area contributed by atoms with E-state index in [-0.39, 0.29) is 6.61 Å². The highest BCUT2D eigenvalue weighted by molar-refractivity contribution is 5.31. The lowest BCUT2D eigenvalue weighted by Crippen LogP contribution is -2.31. The Morgan fingerprint density at radius 3 is 2.76 bits per heavy atom. The Hall–Kier alpha value is -1.85. The number of aryl methyl sites for hydroxylation is 3. The Bertz CT molecular complexity index is 581. The van der Waals surface area contributed by atoms with E-state index in [0.29, 0.717) is 13.1 Å². The number of rotatable bonds is 7. The zero-order chi connectivity index (χ0) is 15.2. The zero-order valence-electron chi connectivity index (χ0n) is 12.8. The van der Waals surface area contributed by atoms with Crippen molar-refractivity contribution in [2.75, 3.05) is 13.2 Å². The number of nitrogens with zero attached hydrogens (tertiary/aromatic N) is 2.